The van der Waals surface area contributed by atoms with E-state index in [9.17, 15) is 9.00 Å². The Kier molecular flexibility index (Phi) is 8.20. The van der Waals surface area contributed by atoms with Gasteiger partial charge in [-0.15, -0.1) is 0 Å². The minimum absolute atomic E-state index is 0.0539. The van der Waals surface area contributed by atoms with E-state index in [4.69, 9.17) is 4.74 Å². The molecule has 0 aromatic rings. The average Bonchev–Trinajstić information content (AvgIpc) is 2.87. The standard InChI is InChI=1S/C12H24N2O3S/c1-17-9-6-13-5-4-10-18(16)11-12(15)14-7-2-3-8-14/h13H,2-11H2,1H3. The van der Waals surface area contributed by atoms with Crippen molar-refractivity contribution in [2.24, 2.45) is 0 Å². The van der Waals surface area contributed by atoms with Gasteiger partial charge < -0.3 is 15.0 Å². The number of carbonyl (C=O) groups is 1. The van der Waals surface area contributed by atoms with Crippen molar-refractivity contribution in [2.45, 2.75) is 19.3 Å². The van der Waals surface area contributed by atoms with Crippen molar-refractivity contribution in [3.63, 3.8) is 0 Å². The van der Waals surface area contributed by atoms with E-state index in [0.29, 0.717) is 12.4 Å². The highest BCUT2D eigenvalue weighted by atomic mass is 32.2. The van der Waals surface area contributed by atoms with Gasteiger partial charge in [-0.05, 0) is 25.8 Å². The summed E-state index contributed by atoms with van der Waals surface area (Å²) in [5.41, 5.74) is 0. The Hall–Kier alpha value is -0.460. The summed E-state index contributed by atoms with van der Waals surface area (Å²) in [6.07, 6.45) is 3.01. The molecule has 0 aromatic carbocycles. The summed E-state index contributed by atoms with van der Waals surface area (Å²) in [4.78, 5) is 13.6. The lowest BCUT2D eigenvalue weighted by atomic mass is 10.4. The van der Waals surface area contributed by atoms with Crippen LogP contribution >= 0.6 is 0 Å². The number of likely N-dealkylation sites (tertiary alicyclic amines) is 1. The summed E-state index contributed by atoms with van der Waals surface area (Å²) in [5, 5.41) is 3.20. The summed E-state index contributed by atoms with van der Waals surface area (Å²) < 4.78 is 16.6. The summed E-state index contributed by atoms with van der Waals surface area (Å²) >= 11 is 0. The van der Waals surface area contributed by atoms with Crippen LogP contribution in [0.2, 0.25) is 0 Å². The quantitative estimate of drug-likeness (QED) is 0.602. The van der Waals surface area contributed by atoms with Crippen LogP contribution in [0.1, 0.15) is 19.3 Å². The average molecular weight is 276 g/mol. The molecule has 1 N–H and O–H groups in total. The molecule has 0 radical (unpaired) electrons. The maximum Gasteiger partial charge on any atom is 0.235 e. The predicted molar refractivity (Wildman–Crippen MR) is 73.1 cm³/mol. The second-order valence-electron chi connectivity index (χ2n) is 4.47. The molecule has 5 nitrogen and oxygen atoms in total. The first-order valence-electron chi connectivity index (χ1n) is 6.56. The summed E-state index contributed by atoms with van der Waals surface area (Å²) in [7, 11) is 0.652. The van der Waals surface area contributed by atoms with Crippen LogP contribution in [0.3, 0.4) is 0 Å². The Morgan fingerprint density at radius 1 is 1.33 bits per heavy atom. The summed E-state index contributed by atoms with van der Waals surface area (Å²) in [6.45, 7) is 4.02. The number of nitrogens with one attached hydrogen (secondary N) is 1. The van der Waals surface area contributed by atoms with Crippen LogP contribution in [0.25, 0.3) is 0 Å². The van der Waals surface area contributed by atoms with Crippen molar-refractivity contribution >= 4 is 16.7 Å². The predicted octanol–water partition coefficient (Wildman–Crippen LogP) is -0.0164. The second kappa shape index (κ2) is 9.47. The molecule has 1 heterocycles. The van der Waals surface area contributed by atoms with Crippen LogP contribution in [0, 0.1) is 0 Å². The largest absolute Gasteiger partial charge is 0.383 e. The molecule has 0 bridgehead atoms. The Bertz CT molecular complexity index is 268. The lowest BCUT2D eigenvalue weighted by Gasteiger charge is -2.14. The van der Waals surface area contributed by atoms with E-state index in [2.05, 4.69) is 5.32 Å². The second-order valence-corrected chi connectivity index (χ2v) is 6.05. The highest BCUT2D eigenvalue weighted by Gasteiger charge is 2.19. The van der Waals surface area contributed by atoms with Gasteiger partial charge in [0.2, 0.25) is 5.91 Å². The highest BCUT2D eigenvalue weighted by Crippen LogP contribution is 2.07. The van der Waals surface area contributed by atoms with Gasteiger partial charge in [0.25, 0.3) is 0 Å². The van der Waals surface area contributed by atoms with Crippen molar-refractivity contribution in [1.29, 1.82) is 0 Å². The lowest BCUT2D eigenvalue weighted by Crippen LogP contribution is -2.32. The normalized spacial score (nSPS) is 17.1. The van der Waals surface area contributed by atoms with Crippen molar-refractivity contribution in [3.05, 3.63) is 0 Å². The van der Waals surface area contributed by atoms with Gasteiger partial charge in [0.15, 0.2) is 0 Å². The molecule has 0 aromatic heterocycles. The molecule has 18 heavy (non-hydrogen) atoms. The fourth-order valence-electron chi connectivity index (χ4n) is 1.93. The molecule has 1 rings (SSSR count). The van der Waals surface area contributed by atoms with Gasteiger partial charge in [-0.25, -0.2) is 0 Å². The number of nitrogens with zero attached hydrogens (tertiary/aromatic N) is 1. The first-order valence-corrected chi connectivity index (χ1v) is 8.05. The number of amides is 1. The van der Waals surface area contributed by atoms with Gasteiger partial charge in [0, 0.05) is 43.3 Å². The maximum atomic E-state index is 11.7. The van der Waals surface area contributed by atoms with Crippen molar-refractivity contribution in [2.75, 3.05) is 51.4 Å². The third kappa shape index (κ3) is 6.47. The Balaban J connectivity index is 2.01. The molecule has 106 valence electrons. The molecular formula is C12H24N2O3S. The zero-order chi connectivity index (χ0) is 13.2. The molecule has 1 aliphatic heterocycles. The smallest absolute Gasteiger partial charge is 0.235 e. The number of rotatable bonds is 9. The van der Waals surface area contributed by atoms with Crippen LogP contribution in [-0.2, 0) is 20.3 Å². The molecule has 1 atom stereocenters. The zero-order valence-electron chi connectivity index (χ0n) is 11.2. The third-order valence-electron chi connectivity index (χ3n) is 2.95. The van der Waals surface area contributed by atoms with E-state index >= 15 is 0 Å². The van der Waals surface area contributed by atoms with Gasteiger partial charge in [-0.3, -0.25) is 9.00 Å². The fourth-order valence-corrected chi connectivity index (χ4v) is 2.99. The van der Waals surface area contributed by atoms with Crippen molar-refractivity contribution in [1.82, 2.24) is 10.2 Å². The Morgan fingerprint density at radius 3 is 2.72 bits per heavy atom. The third-order valence-corrected chi connectivity index (χ3v) is 4.26. The number of carbonyl (C=O) groups excluding carboxylic acids is 1. The van der Waals surface area contributed by atoms with Gasteiger partial charge in [0.1, 0.15) is 5.75 Å². The molecule has 0 aliphatic carbocycles. The summed E-state index contributed by atoms with van der Waals surface area (Å²) in [6, 6.07) is 0. The van der Waals surface area contributed by atoms with Crippen molar-refractivity contribution in [3.8, 4) is 0 Å². The van der Waals surface area contributed by atoms with Crippen LogP contribution < -0.4 is 5.32 Å². The molecule has 1 saturated heterocycles. The van der Waals surface area contributed by atoms with Gasteiger partial charge >= 0.3 is 0 Å². The van der Waals surface area contributed by atoms with Crippen LogP contribution in [0.15, 0.2) is 0 Å². The first kappa shape index (κ1) is 15.6. The molecule has 6 heteroatoms. The fraction of sp³-hybridized carbons (Fsp3) is 0.917. The molecule has 1 fully saturated rings. The molecule has 0 saturated carbocycles. The van der Waals surface area contributed by atoms with Crippen LogP contribution in [0.4, 0.5) is 0 Å². The minimum Gasteiger partial charge on any atom is -0.383 e. The topological polar surface area (TPSA) is 58.6 Å². The number of hydrogen-bond acceptors (Lipinski definition) is 4. The maximum absolute atomic E-state index is 11.7. The van der Waals surface area contributed by atoms with E-state index in [1.807, 2.05) is 4.90 Å². The molecule has 1 unspecified atom stereocenters. The monoisotopic (exact) mass is 276 g/mol. The zero-order valence-corrected chi connectivity index (χ0v) is 12.0. The number of hydrogen-bond donors (Lipinski definition) is 1. The number of ether oxygens (including phenoxy) is 1. The van der Waals surface area contributed by atoms with Gasteiger partial charge in [-0.2, -0.15) is 0 Å². The van der Waals surface area contributed by atoms with Crippen LogP contribution in [0.5, 0.6) is 0 Å². The molecule has 1 aliphatic rings. The van der Waals surface area contributed by atoms with E-state index in [0.717, 1.165) is 45.4 Å². The van der Waals surface area contributed by atoms with Crippen molar-refractivity contribution < 1.29 is 13.7 Å². The van der Waals surface area contributed by atoms with E-state index in [-0.39, 0.29) is 11.7 Å². The molecule has 1 amide bonds. The van der Waals surface area contributed by atoms with Gasteiger partial charge in [0.05, 0.1) is 6.61 Å². The van der Waals surface area contributed by atoms with E-state index in [1.165, 1.54) is 0 Å². The van der Waals surface area contributed by atoms with E-state index in [1.54, 1.807) is 7.11 Å². The van der Waals surface area contributed by atoms with Crippen LogP contribution in [-0.4, -0.2) is 66.4 Å². The summed E-state index contributed by atoms with van der Waals surface area (Å²) in [5.74, 6) is 0.843. The Labute approximate surface area is 112 Å². The molecule has 0 spiro atoms. The minimum atomic E-state index is -1.02. The first-order chi connectivity index (χ1) is 8.74. The molecular weight excluding hydrogens is 252 g/mol. The van der Waals surface area contributed by atoms with Gasteiger partial charge in [-0.1, -0.05) is 0 Å². The highest BCUT2D eigenvalue weighted by molar-refractivity contribution is 7.85. The van der Waals surface area contributed by atoms with E-state index < -0.39 is 10.8 Å². The number of methoxy groups -OCH3 is 1. The Morgan fingerprint density at radius 2 is 2.06 bits per heavy atom. The SMILES string of the molecule is COCCNCCCS(=O)CC(=O)N1CCCC1. The lowest BCUT2D eigenvalue weighted by molar-refractivity contribution is -0.127.